The Balaban J connectivity index is 1.77. The van der Waals surface area contributed by atoms with Crippen molar-refractivity contribution in [3.63, 3.8) is 0 Å². The van der Waals surface area contributed by atoms with Gasteiger partial charge in [-0.1, -0.05) is 18.2 Å². The summed E-state index contributed by atoms with van der Waals surface area (Å²) in [6, 6.07) is 13.7. The van der Waals surface area contributed by atoms with Crippen LogP contribution in [0.5, 0.6) is 17.2 Å². The van der Waals surface area contributed by atoms with Gasteiger partial charge in [-0.15, -0.1) is 0 Å². The van der Waals surface area contributed by atoms with Gasteiger partial charge < -0.3 is 30.9 Å². The van der Waals surface area contributed by atoms with E-state index in [4.69, 9.17) is 4.74 Å². The van der Waals surface area contributed by atoms with E-state index in [0.717, 1.165) is 0 Å². The summed E-state index contributed by atoms with van der Waals surface area (Å²) >= 11 is 0. The number of carboxylic acid groups (broad SMARTS) is 1. The maximum absolute atomic E-state index is 12.6. The molecular weight excluding hydrogens is 454 g/mol. The van der Waals surface area contributed by atoms with Gasteiger partial charge in [-0.05, 0) is 43.7 Å². The first-order chi connectivity index (χ1) is 16.8. The molecule has 0 bridgehead atoms. The molecule has 180 valence electrons. The van der Waals surface area contributed by atoms with Gasteiger partial charge in [-0.3, -0.25) is 4.79 Å². The second-order valence-corrected chi connectivity index (χ2v) is 7.33. The van der Waals surface area contributed by atoms with Crippen LogP contribution in [0, 0.1) is 11.3 Å². The normalized spacial score (nSPS) is 11.2. The molecule has 11 heteroatoms. The standard InChI is InChI=1S/C24H23N5O6/c1-2-26-24(34)29-18(23(32)33)10-11-27-22(31)20-21(30)16-9-8-15(12-17(16)19(13-25)28-20)35-14-6-4-3-5-7-14/h3-9,12,18,30H,2,10-11H2,1H3,(H,27,31)(H,32,33)(H2,26,29,34). The topological polar surface area (TPSA) is 174 Å². The molecule has 0 saturated heterocycles. The number of fused-ring (bicyclic) bond motifs is 1. The number of carboxylic acids is 1. The number of rotatable bonds is 9. The number of nitrogens with zero attached hydrogens (tertiary/aromatic N) is 2. The molecule has 5 N–H and O–H groups in total. The number of ether oxygens (including phenoxy) is 1. The number of para-hydroxylation sites is 1. The van der Waals surface area contributed by atoms with Crippen molar-refractivity contribution in [2.75, 3.05) is 13.1 Å². The van der Waals surface area contributed by atoms with Gasteiger partial charge in [0, 0.05) is 23.9 Å². The number of aromatic nitrogens is 1. The molecule has 0 aliphatic heterocycles. The van der Waals surface area contributed by atoms with Crippen molar-refractivity contribution < 1.29 is 29.3 Å². The largest absolute Gasteiger partial charge is 0.505 e. The van der Waals surface area contributed by atoms with Gasteiger partial charge >= 0.3 is 12.0 Å². The third-order valence-electron chi connectivity index (χ3n) is 4.91. The van der Waals surface area contributed by atoms with Crippen LogP contribution in [0.1, 0.15) is 29.5 Å². The molecule has 3 aromatic rings. The molecule has 11 nitrogen and oxygen atoms in total. The highest BCUT2D eigenvalue weighted by Gasteiger charge is 2.22. The van der Waals surface area contributed by atoms with Gasteiger partial charge in [-0.25, -0.2) is 14.6 Å². The second kappa shape index (κ2) is 11.3. The Hall–Kier alpha value is -4.85. The summed E-state index contributed by atoms with van der Waals surface area (Å²) in [5.41, 5.74) is -0.475. The molecular formula is C24H23N5O6. The predicted octanol–water partition coefficient (Wildman–Crippen LogP) is 2.50. The van der Waals surface area contributed by atoms with Crippen LogP contribution < -0.4 is 20.7 Å². The monoisotopic (exact) mass is 477 g/mol. The van der Waals surface area contributed by atoms with Crippen molar-refractivity contribution in [2.24, 2.45) is 0 Å². The number of carbonyl (C=O) groups excluding carboxylic acids is 2. The number of urea groups is 1. The van der Waals surface area contributed by atoms with E-state index >= 15 is 0 Å². The number of amides is 3. The number of carbonyl (C=O) groups is 3. The first kappa shape index (κ1) is 24.8. The number of hydrogen-bond donors (Lipinski definition) is 5. The smallest absolute Gasteiger partial charge is 0.326 e. The molecule has 1 aromatic heterocycles. The fourth-order valence-electron chi connectivity index (χ4n) is 3.25. The third-order valence-corrected chi connectivity index (χ3v) is 4.91. The van der Waals surface area contributed by atoms with Gasteiger partial charge in [0.1, 0.15) is 29.3 Å². The lowest BCUT2D eigenvalue weighted by atomic mass is 10.1. The van der Waals surface area contributed by atoms with Crippen LogP contribution in [0.2, 0.25) is 0 Å². The number of hydrogen-bond acceptors (Lipinski definition) is 7. The minimum Gasteiger partial charge on any atom is -0.505 e. The SMILES string of the molecule is CCNC(=O)NC(CCNC(=O)c1nc(C#N)c2cc(Oc3ccccc3)ccc2c1O)C(=O)O. The number of aliphatic carboxylic acids is 1. The summed E-state index contributed by atoms with van der Waals surface area (Å²) in [7, 11) is 0. The summed E-state index contributed by atoms with van der Waals surface area (Å²) in [6.45, 7) is 1.88. The predicted molar refractivity (Wildman–Crippen MR) is 125 cm³/mol. The first-order valence-electron chi connectivity index (χ1n) is 10.7. The van der Waals surface area contributed by atoms with Crippen LogP contribution in [-0.2, 0) is 4.79 Å². The number of pyridine rings is 1. The molecule has 1 unspecified atom stereocenters. The average molecular weight is 477 g/mol. The van der Waals surface area contributed by atoms with Crippen LogP contribution in [0.4, 0.5) is 4.79 Å². The summed E-state index contributed by atoms with van der Waals surface area (Å²) in [5, 5.41) is 37.2. The lowest BCUT2D eigenvalue weighted by Crippen LogP contribution is -2.47. The van der Waals surface area contributed by atoms with Gasteiger partial charge in [0.05, 0.1) is 0 Å². The fraction of sp³-hybridized carbons (Fsp3) is 0.208. The minimum atomic E-state index is -1.27. The van der Waals surface area contributed by atoms with E-state index in [1.54, 1.807) is 31.2 Å². The molecule has 0 spiro atoms. The van der Waals surface area contributed by atoms with Crippen LogP contribution >= 0.6 is 0 Å². The highest BCUT2D eigenvalue weighted by atomic mass is 16.5. The van der Waals surface area contributed by atoms with Crippen molar-refractivity contribution >= 4 is 28.7 Å². The zero-order valence-corrected chi connectivity index (χ0v) is 18.7. The molecule has 1 heterocycles. The molecule has 3 rings (SSSR count). The zero-order valence-electron chi connectivity index (χ0n) is 18.7. The second-order valence-electron chi connectivity index (χ2n) is 7.33. The summed E-state index contributed by atoms with van der Waals surface area (Å²) < 4.78 is 5.76. The Morgan fingerprint density at radius 1 is 1.09 bits per heavy atom. The van der Waals surface area contributed by atoms with Crippen molar-refractivity contribution in [2.45, 2.75) is 19.4 Å². The molecule has 2 aromatic carbocycles. The highest BCUT2D eigenvalue weighted by Crippen LogP contribution is 2.33. The van der Waals surface area contributed by atoms with E-state index < -0.39 is 29.7 Å². The van der Waals surface area contributed by atoms with Crippen molar-refractivity contribution in [3.8, 4) is 23.3 Å². The molecule has 1 atom stereocenters. The Kier molecular flexibility index (Phi) is 8.02. The Bertz CT molecular complexity index is 1290. The van der Waals surface area contributed by atoms with Crippen LogP contribution in [0.3, 0.4) is 0 Å². The van der Waals surface area contributed by atoms with Crippen LogP contribution in [0.25, 0.3) is 10.8 Å². The van der Waals surface area contributed by atoms with E-state index in [1.807, 2.05) is 24.3 Å². The van der Waals surface area contributed by atoms with Gasteiger partial charge in [0.15, 0.2) is 11.4 Å². The van der Waals surface area contributed by atoms with Gasteiger partial charge in [-0.2, -0.15) is 5.26 Å². The highest BCUT2D eigenvalue weighted by molar-refractivity contribution is 6.03. The van der Waals surface area contributed by atoms with E-state index in [9.17, 15) is 29.9 Å². The summed E-state index contributed by atoms with van der Waals surface area (Å²) in [5.74, 6) is -1.50. The van der Waals surface area contributed by atoms with Crippen molar-refractivity contribution in [1.82, 2.24) is 20.9 Å². The first-order valence-corrected chi connectivity index (χ1v) is 10.7. The lowest BCUT2D eigenvalue weighted by Gasteiger charge is -2.15. The van der Waals surface area contributed by atoms with E-state index in [0.29, 0.717) is 23.4 Å². The third kappa shape index (κ3) is 6.14. The maximum Gasteiger partial charge on any atom is 0.326 e. The Morgan fingerprint density at radius 2 is 1.83 bits per heavy atom. The lowest BCUT2D eigenvalue weighted by molar-refractivity contribution is -0.139. The van der Waals surface area contributed by atoms with E-state index in [1.165, 1.54) is 6.07 Å². The molecule has 0 saturated carbocycles. The van der Waals surface area contributed by atoms with Gasteiger partial charge in [0.25, 0.3) is 5.91 Å². The summed E-state index contributed by atoms with van der Waals surface area (Å²) in [6.07, 6.45) is -0.113. The molecule has 0 aliphatic rings. The minimum absolute atomic E-state index is 0.0947. The molecule has 0 aliphatic carbocycles. The van der Waals surface area contributed by atoms with E-state index in [2.05, 4.69) is 20.9 Å². The van der Waals surface area contributed by atoms with Gasteiger partial charge in [0.2, 0.25) is 0 Å². The van der Waals surface area contributed by atoms with Crippen molar-refractivity contribution in [3.05, 3.63) is 59.9 Å². The Labute approximate surface area is 200 Å². The van der Waals surface area contributed by atoms with Crippen LogP contribution in [0.15, 0.2) is 48.5 Å². The fourth-order valence-corrected chi connectivity index (χ4v) is 3.25. The molecule has 35 heavy (non-hydrogen) atoms. The van der Waals surface area contributed by atoms with E-state index in [-0.39, 0.29) is 29.7 Å². The molecule has 3 amide bonds. The number of nitrogens with one attached hydrogen (secondary N) is 3. The Morgan fingerprint density at radius 3 is 2.49 bits per heavy atom. The molecule has 0 radical (unpaired) electrons. The summed E-state index contributed by atoms with van der Waals surface area (Å²) in [4.78, 5) is 39.6. The zero-order chi connectivity index (χ0) is 25.4. The quantitative estimate of drug-likeness (QED) is 0.312. The maximum atomic E-state index is 12.6. The molecule has 0 fully saturated rings. The number of benzene rings is 2. The van der Waals surface area contributed by atoms with Crippen molar-refractivity contribution in [1.29, 1.82) is 5.26 Å². The van der Waals surface area contributed by atoms with Crippen LogP contribution in [-0.4, -0.2) is 52.2 Å². The number of nitriles is 1. The number of aromatic hydroxyl groups is 1. The average Bonchev–Trinajstić information content (AvgIpc) is 2.84.